The number of nitrogens with two attached hydrogens (primary N) is 1. The summed E-state index contributed by atoms with van der Waals surface area (Å²) >= 11 is 0. The van der Waals surface area contributed by atoms with E-state index in [0.29, 0.717) is 18.5 Å². The molecule has 0 fully saturated rings. The number of imidazole rings is 1. The molecule has 2 rings (SSSR count). The number of hydrogen-bond acceptors (Lipinski definition) is 3. The Morgan fingerprint density at radius 3 is 2.95 bits per heavy atom. The van der Waals surface area contributed by atoms with Gasteiger partial charge >= 0.3 is 0 Å². The van der Waals surface area contributed by atoms with Gasteiger partial charge in [-0.1, -0.05) is 0 Å². The van der Waals surface area contributed by atoms with Crippen molar-refractivity contribution < 1.29 is 9.18 Å². The summed E-state index contributed by atoms with van der Waals surface area (Å²) in [5, 5.41) is 2.68. The fourth-order valence-electron chi connectivity index (χ4n) is 1.91. The van der Waals surface area contributed by atoms with Gasteiger partial charge in [0.2, 0.25) is 5.91 Å². The Morgan fingerprint density at radius 2 is 2.30 bits per heavy atom. The monoisotopic (exact) mass is 276 g/mol. The number of amides is 1. The molecule has 1 aromatic carbocycles. The Balaban J connectivity index is 1.82. The van der Waals surface area contributed by atoms with Gasteiger partial charge in [0.1, 0.15) is 11.6 Å². The van der Waals surface area contributed by atoms with E-state index in [9.17, 15) is 9.18 Å². The van der Waals surface area contributed by atoms with E-state index in [1.54, 1.807) is 6.20 Å². The van der Waals surface area contributed by atoms with Gasteiger partial charge in [0, 0.05) is 25.4 Å². The Morgan fingerprint density at radius 1 is 1.50 bits per heavy atom. The Labute approximate surface area is 116 Å². The van der Waals surface area contributed by atoms with Crippen LogP contribution in [0, 0.1) is 12.7 Å². The molecule has 0 saturated carbocycles. The molecule has 1 heterocycles. The first-order valence-corrected chi connectivity index (χ1v) is 6.39. The molecule has 1 aromatic heterocycles. The third-order valence-corrected chi connectivity index (χ3v) is 3.01. The minimum Gasteiger partial charge on any atom is -0.397 e. The van der Waals surface area contributed by atoms with Gasteiger partial charge in [0.15, 0.2) is 0 Å². The third-order valence-electron chi connectivity index (χ3n) is 3.01. The zero-order chi connectivity index (χ0) is 14.5. The number of nitrogen functional groups attached to an aromatic ring is 1. The van der Waals surface area contributed by atoms with E-state index >= 15 is 0 Å². The number of rotatable bonds is 5. The fourth-order valence-corrected chi connectivity index (χ4v) is 1.91. The number of halogens is 1. The van der Waals surface area contributed by atoms with Crippen LogP contribution in [0.4, 0.5) is 15.8 Å². The largest absolute Gasteiger partial charge is 0.397 e. The zero-order valence-electron chi connectivity index (χ0n) is 11.3. The van der Waals surface area contributed by atoms with Gasteiger partial charge in [-0.25, -0.2) is 9.37 Å². The van der Waals surface area contributed by atoms with Gasteiger partial charge in [0.05, 0.1) is 11.4 Å². The Hall–Kier alpha value is -2.37. The highest BCUT2D eigenvalue weighted by molar-refractivity contribution is 5.93. The first kappa shape index (κ1) is 14.0. The molecule has 0 radical (unpaired) electrons. The molecule has 3 N–H and O–H groups in total. The second kappa shape index (κ2) is 6.18. The van der Waals surface area contributed by atoms with E-state index in [1.807, 2.05) is 17.7 Å². The van der Waals surface area contributed by atoms with Crippen molar-refractivity contribution in [2.75, 3.05) is 11.1 Å². The number of carbonyl (C=O) groups excluding carboxylic acids is 1. The standard InChI is InChI=1S/C14H17FN4O/c1-10-17-6-8-19(10)7-2-3-14(20)18-13-5-4-11(15)9-12(13)16/h4-6,8-9H,2-3,7,16H2,1H3,(H,18,20). The number of anilines is 2. The number of hydrogen-bond donors (Lipinski definition) is 2. The average Bonchev–Trinajstić information content (AvgIpc) is 2.79. The predicted molar refractivity (Wildman–Crippen MR) is 75.6 cm³/mol. The number of nitrogens with zero attached hydrogens (tertiary/aromatic N) is 2. The van der Waals surface area contributed by atoms with Gasteiger partial charge in [0.25, 0.3) is 0 Å². The number of aryl methyl sites for hydroxylation is 2. The van der Waals surface area contributed by atoms with Gasteiger partial charge in [-0.2, -0.15) is 0 Å². The summed E-state index contributed by atoms with van der Waals surface area (Å²) in [6, 6.07) is 3.91. The summed E-state index contributed by atoms with van der Waals surface area (Å²) in [6.45, 7) is 2.65. The maximum atomic E-state index is 12.9. The summed E-state index contributed by atoms with van der Waals surface area (Å²) in [4.78, 5) is 15.9. The van der Waals surface area contributed by atoms with Crippen molar-refractivity contribution in [3.05, 3.63) is 42.2 Å². The normalized spacial score (nSPS) is 10.5. The topological polar surface area (TPSA) is 72.9 Å². The van der Waals surface area contributed by atoms with E-state index in [2.05, 4.69) is 10.3 Å². The molecule has 0 saturated heterocycles. The molecular formula is C14H17FN4O. The maximum absolute atomic E-state index is 12.9. The predicted octanol–water partition coefficient (Wildman–Crippen LogP) is 2.33. The molecular weight excluding hydrogens is 259 g/mol. The lowest BCUT2D eigenvalue weighted by Gasteiger charge is -2.08. The van der Waals surface area contributed by atoms with E-state index in [0.717, 1.165) is 12.4 Å². The highest BCUT2D eigenvalue weighted by Gasteiger charge is 2.06. The molecule has 0 spiro atoms. The molecule has 0 atom stereocenters. The molecule has 2 aromatic rings. The zero-order valence-corrected chi connectivity index (χ0v) is 11.3. The summed E-state index contributed by atoms with van der Waals surface area (Å²) in [6.07, 6.45) is 4.68. The number of nitrogens with one attached hydrogen (secondary N) is 1. The molecule has 0 unspecified atom stereocenters. The second-order valence-electron chi connectivity index (χ2n) is 4.55. The lowest BCUT2D eigenvalue weighted by Crippen LogP contribution is -2.13. The van der Waals surface area contributed by atoms with Gasteiger partial charge in [-0.15, -0.1) is 0 Å². The van der Waals surface area contributed by atoms with Crippen molar-refractivity contribution in [2.24, 2.45) is 0 Å². The minimum absolute atomic E-state index is 0.138. The molecule has 20 heavy (non-hydrogen) atoms. The summed E-state index contributed by atoms with van der Waals surface area (Å²) in [5.41, 5.74) is 6.29. The number of aromatic nitrogens is 2. The second-order valence-corrected chi connectivity index (χ2v) is 4.55. The van der Waals surface area contributed by atoms with Crippen LogP contribution in [0.1, 0.15) is 18.7 Å². The molecule has 0 bridgehead atoms. The Kier molecular flexibility index (Phi) is 4.34. The summed E-state index contributed by atoms with van der Waals surface area (Å²) in [5.74, 6) is 0.366. The van der Waals surface area contributed by atoms with Crippen molar-refractivity contribution in [1.29, 1.82) is 0 Å². The number of benzene rings is 1. The van der Waals surface area contributed by atoms with Crippen molar-refractivity contribution in [2.45, 2.75) is 26.3 Å². The molecule has 6 heteroatoms. The smallest absolute Gasteiger partial charge is 0.224 e. The Bertz CT molecular complexity index is 609. The highest BCUT2D eigenvalue weighted by atomic mass is 19.1. The van der Waals surface area contributed by atoms with Crippen LogP contribution in [0.15, 0.2) is 30.6 Å². The van der Waals surface area contributed by atoms with Crippen LogP contribution in [0.2, 0.25) is 0 Å². The maximum Gasteiger partial charge on any atom is 0.224 e. The SMILES string of the molecule is Cc1nccn1CCCC(=O)Nc1ccc(F)cc1N. The van der Waals surface area contributed by atoms with Crippen LogP contribution in [0.3, 0.4) is 0 Å². The van der Waals surface area contributed by atoms with Crippen molar-refractivity contribution in [3.63, 3.8) is 0 Å². The molecule has 5 nitrogen and oxygen atoms in total. The van der Waals surface area contributed by atoms with E-state index in [1.165, 1.54) is 18.2 Å². The van der Waals surface area contributed by atoms with Crippen molar-refractivity contribution in [3.8, 4) is 0 Å². The molecule has 0 aliphatic heterocycles. The van der Waals surface area contributed by atoms with Gasteiger partial charge in [-0.05, 0) is 31.5 Å². The van der Waals surface area contributed by atoms with Crippen molar-refractivity contribution >= 4 is 17.3 Å². The molecule has 106 valence electrons. The molecule has 1 amide bonds. The van der Waals surface area contributed by atoms with E-state index < -0.39 is 5.82 Å². The average molecular weight is 276 g/mol. The van der Waals surface area contributed by atoms with Crippen LogP contribution in [-0.4, -0.2) is 15.5 Å². The van der Waals surface area contributed by atoms with Crippen molar-refractivity contribution in [1.82, 2.24) is 9.55 Å². The van der Waals surface area contributed by atoms with Crippen LogP contribution in [0.25, 0.3) is 0 Å². The molecule has 0 aliphatic rings. The first-order valence-electron chi connectivity index (χ1n) is 6.39. The summed E-state index contributed by atoms with van der Waals surface area (Å²) in [7, 11) is 0. The molecule has 0 aliphatic carbocycles. The third kappa shape index (κ3) is 3.57. The minimum atomic E-state index is -0.420. The van der Waals surface area contributed by atoms with E-state index in [4.69, 9.17) is 5.73 Å². The van der Waals surface area contributed by atoms with Crippen LogP contribution < -0.4 is 11.1 Å². The summed E-state index contributed by atoms with van der Waals surface area (Å²) < 4.78 is 14.9. The number of carbonyl (C=O) groups is 1. The van der Waals surface area contributed by atoms with Crippen LogP contribution in [-0.2, 0) is 11.3 Å². The van der Waals surface area contributed by atoms with Crippen LogP contribution in [0.5, 0.6) is 0 Å². The lowest BCUT2D eigenvalue weighted by molar-refractivity contribution is -0.116. The lowest BCUT2D eigenvalue weighted by atomic mass is 10.2. The van der Waals surface area contributed by atoms with Gasteiger partial charge < -0.3 is 15.6 Å². The fraction of sp³-hybridized carbons (Fsp3) is 0.286. The van der Waals surface area contributed by atoms with Crippen LogP contribution >= 0.6 is 0 Å². The van der Waals surface area contributed by atoms with E-state index in [-0.39, 0.29) is 11.6 Å². The van der Waals surface area contributed by atoms with Gasteiger partial charge in [-0.3, -0.25) is 4.79 Å². The highest BCUT2D eigenvalue weighted by Crippen LogP contribution is 2.19. The quantitative estimate of drug-likeness (QED) is 0.823. The first-order chi connectivity index (χ1) is 9.56.